The second kappa shape index (κ2) is 14.7. The van der Waals surface area contributed by atoms with Crippen LogP contribution in [0.1, 0.15) is 62.8 Å². The lowest BCUT2D eigenvalue weighted by Gasteiger charge is -2.42. The first-order valence-corrected chi connectivity index (χ1v) is 15.8. The van der Waals surface area contributed by atoms with Crippen LogP contribution in [-0.2, 0) is 20.4 Å². The summed E-state index contributed by atoms with van der Waals surface area (Å²) >= 11 is 0. The van der Waals surface area contributed by atoms with Crippen molar-refractivity contribution in [2.75, 3.05) is 13.2 Å². The average Bonchev–Trinajstić information content (AvgIpc) is 3.11. The van der Waals surface area contributed by atoms with Crippen molar-refractivity contribution >= 4 is 11.8 Å². The van der Waals surface area contributed by atoms with Gasteiger partial charge in [-0.15, -0.1) is 0 Å². The molecule has 0 saturated carbocycles. The number of hydrogen-bond acceptors (Lipinski definition) is 4. The van der Waals surface area contributed by atoms with Gasteiger partial charge in [-0.3, -0.25) is 9.59 Å². The first kappa shape index (κ1) is 33.6. The molecule has 4 aromatic carbocycles. The van der Waals surface area contributed by atoms with Crippen LogP contribution in [0.25, 0.3) is 0 Å². The van der Waals surface area contributed by atoms with Crippen LogP contribution in [0.15, 0.2) is 121 Å². The molecule has 0 aliphatic rings. The van der Waals surface area contributed by atoms with E-state index in [0.717, 1.165) is 22.3 Å². The fourth-order valence-electron chi connectivity index (χ4n) is 6.61. The molecule has 0 aliphatic carbocycles. The zero-order valence-electron chi connectivity index (χ0n) is 26.7. The van der Waals surface area contributed by atoms with Gasteiger partial charge in [0, 0.05) is 10.8 Å². The highest BCUT2D eigenvalue weighted by molar-refractivity contribution is 6.05. The van der Waals surface area contributed by atoms with Gasteiger partial charge in [-0.25, -0.2) is 0 Å². The molecule has 0 bridgehead atoms. The predicted octanol–water partition coefficient (Wildman–Crippen LogP) is 5.76. The van der Waals surface area contributed by atoms with Crippen LogP contribution in [0, 0.1) is 5.41 Å². The molecule has 2 atom stereocenters. The minimum atomic E-state index is -1.44. The third kappa shape index (κ3) is 6.44. The Morgan fingerprint density at radius 2 is 0.778 bits per heavy atom. The molecular formula is C39H46N2O4. The molecule has 4 N–H and O–H groups in total. The fourth-order valence-corrected chi connectivity index (χ4v) is 6.61. The lowest BCUT2D eigenvalue weighted by atomic mass is 9.69. The summed E-state index contributed by atoms with van der Waals surface area (Å²) in [5, 5.41) is 27.8. The highest BCUT2D eigenvalue weighted by Gasteiger charge is 2.48. The maximum Gasteiger partial charge on any atom is 0.236 e. The first-order chi connectivity index (χ1) is 21.7. The molecule has 6 nitrogen and oxygen atoms in total. The lowest BCUT2D eigenvalue weighted by Crippen LogP contribution is -2.61. The van der Waals surface area contributed by atoms with E-state index < -0.39 is 40.1 Å². The SMILES string of the molecule is CCC(CC)(C(=O)N[C@H](CO)C(C)(c1ccccc1)c1ccccc1)C(=O)N[C@H](CO)C(C)(c1ccccc1)c1ccccc1. The quantitative estimate of drug-likeness (QED) is 0.137. The van der Waals surface area contributed by atoms with E-state index >= 15 is 0 Å². The molecule has 6 heteroatoms. The number of carbonyl (C=O) groups excluding carboxylic acids is 2. The van der Waals surface area contributed by atoms with Crippen LogP contribution in [0.5, 0.6) is 0 Å². The van der Waals surface area contributed by atoms with Crippen LogP contribution >= 0.6 is 0 Å². The summed E-state index contributed by atoms with van der Waals surface area (Å²) in [7, 11) is 0. The zero-order valence-corrected chi connectivity index (χ0v) is 26.7. The Morgan fingerprint density at radius 3 is 0.978 bits per heavy atom. The number of aliphatic hydroxyl groups excluding tert-OH is 2. The third-order valence-electron chi connectivity index (χ3n) is 9.94. The second-order valence-corrected chi connectivity index (χ2v) is 12.1. The summed E-state index contributed by atoms with van der Waals surface area (Å²) in [6.45, 7) is 6.99. The van der Waals surface area contributed by atoms with E-state index in [9.17, 15) is 19.8 Å². The molecule has 0 fully saturated rings. The molecule has 2 amide bonds. The molecular weight excluding hydrogens is 560 g/mol. The predicted molar refractivity (Wildman–Crippen MR) is 180 cm³/mol. The molecule has 45 heavy (non-hydrogen) atoms. The van der Waals surface area contributed by atoms with E-state index in [1.165, 1.54) is 0 Å². The molecule has 0 aromatic heterocycles. The number of nitrogens with one attached hydrogen (secondary N) is 2. The Morgan fingerprint density at radius 1 is 0.533 bits per heavy atom. The molecule has 0 saturated heterocycles. The van der Waals surface area contributed by atoms with Gasteiger partial charge in [0.05, 0.1) is 25.3 Å². The van der Waals surface area contributed by atoms with Gasteiger partial charge in [-0.05, 0) is 48.9 Å². The number of rotatable bonds is 14. The third-order valence-corrected chi connectivity index (χ3v) is 9.94. The Labute approximate surface area is 267 Å². The maximum absolute atomic E-state index is 14.4. The number of carbonyl (C=O) groups is 2. The minimum absolute atomic E-state index is 0.234. The molecule has 0 aliphatic heterocycles. The summed E-state index contributed by atoms with van der Waals surface area (Å²) in [6.07, 6.45) is 0.469. The monoisotopic (exact) mass is 606 g/mol. The van der Waals surface area contributed by atoms with Crippen molar-refractivity contribution in [3.05, 3.63) is 144 Å². The van der Waals surface area contributed by atoms with Crippen molar-refractivity contribution in [1.29, 1.82) is 0 Å². The van der Waals surface area contributed by atoms with Crippen molar-refractivity contribution in [2.45, 2.75) is 63.5 Å². The van der Waals surface area contributed by atoms with E-state index in [1.54, 1.807) is 0 Å². The van der Waals surface area contributed by atoms with E-state index in [0.29, 0.717) is 0 Å². The summed E-state index contributed by atoms with van der Waals surface area (Å²) in [6, 6.07) is 37.7. The van der Waals surface area contributed by atoms with Gasteiger partial charge in [0.1, 0.15) is 5.41 Å². The van der Waals surface area contributed by atoms with Gasteiger partial charge < -0.3 is 20.8 Å². The van der Waals surface area contributed by atoms with Crippen LogP contribution < -0.4 is 10.6 Å². The summed E-state index contributed by atoms with van der Waals surface area (Å²) in [4.78, 5) is 28.7. The Hall–Kier alpha value is -4.26. The standard InChI is InChI=1S/C39H46N2O4/c1-5-39(6-2,35(44)40-33(27-42)37(3,29-19-11-7-12-20-29)30-21-13-8-14-22-30)36(45)41-34(28-43)38(4,31-23-15-9-16-24-31)32-25-17-10-18-26-32/h7-26,33-34,42-43H,5-6,27-28H2,1-4H3,(H,40,44)(H,41,45)/t33-,34-/m1/s1. The number of benzene rings is 4. The van der Waals surface area contributed by atoms with E-state index in [2.05, 4.69) is 10.6 Å². The minimum Gasteiger partial charge on any atom is -0.394 e. The van der Waals surface area contributed by atoms with E-state index in [-0.39, 0.29) is 26.1 Å². The van der Waals surface area contributed by atoms with Crippen LogP contribution in [0.3, 0.4) is 0 Å². The molecule has 0 unspecified atom stereocenters. The van der Waals surface area contributed by atoms with Crippen molar-refractivity contribution in [1.82, 2.24) is 10.6 Å². The van der Waals surface area contributed by atoms with Gasteiger partial charge in [0.2, 0.25) is 11.8 Å². The second-order valence-electron chi connectivity index (χ2n) is 12.1. The van der Waals surface area contributed by atoms with Gasteiger partial charge in [-0.1, -0.05) is 135 Å². The van der Waals surface area contributed by atoms with Crippen LogP contribution in [0.4, 0.5) is 0 Å². The highest BCUT2D eigenvalue weighted by atomic mass is 16.3. The van der Waals surface area contributed by atoms with Crippen LogP contribution in [-0.4, -0.2) is 47.3 Å². The van der Waals surface area contributed by atoms with E-state index in [4.69, 9.17) is 0 Å². The summed E-state index contributed by atoms with van der Waals surface area (Å²) < 4.78 is 0. The number of hydrogen-bond donors (Lipinski definition) is 4. The van der Waals surface area contributed by atoms with Crippen molar-refractivity contribution in [3.8, 4) is 0 Å². The Bertz CT molecular complexity index is 1310. The zero-order chi connectivity index (χ0) is 32.5. The molecule has 0 spiro atoms. The molecule has 236 valence electrons. The molecule has 0 radical (unpaired) electrons. The average molecular weight is 607 g/mol. The first-order valence-electron chi connectivity index (χ1n) is 15.8. The highest BCUT2D eigenvalue weighted by Crippen LogP contribution is 2.39. The summed E-state index contributed by atoms with van der Waals surface area (Å²) in [5.41, 5.74) is 0.706. The normalized spacial score (nSPS) is 13.5. The largest absolute Gasteiger partial charge is 0.394 e. The summed E-state index contributed by atoms with van der Waals surface area (Å²) in [5.74, 6) is -0.917. The number of amides is 2. The molecule has 4 aromatic rings. The van der Waals surface area contributed by atoms with Gasteiger partial charge in [0.25, 0.3) is 0 Å². The topological polar surface area (TPSA) is 98.7 Å². The molecule has 4 rings (SSSR count). The number of aliphatic hydroxyl groups is 2. The van der Waals surface area contributed by atoms with Crippen LogP contribution in [0.2, 0.25) is 0 Å². The van der Waals surface area contributed by atoms with Gasteiger partial charge in [-0.2, -0.15) is 0 Å². The van der Waals surface area contributed by atoms with E-state index in [1.807, 2.05) is 149 Å². The van der Waals surface area contributed by atoms with Gasteiger partial charge in [0.15, 0.2) is 0 Å². The van der Waals surface area contributed by atoms with Gasteiger partial charge >= 0.3 is 0 Å². The maximum atomic E-state index is 14.4. The van der Waals surface area contributed by atoms with Crippen molar-refractivity contribution in [3.63, 3.8) is 0 Å². The smallest absolute Gasteiger partial charge is 0.236 e. The lowest BCUT2D eigenvalue weighted by molar-refractivity contribution is -0.146. The molecule has 0 heterocycles. The fraction of sp³-hybridized carbons (Fsp3) is 0.333. The Kier molecular flexibility index (Phi) is 11.0. The van der Waals surface area contributed by atoms with Crippen molar-refractivity contribution in [2.24, 2.45) is 5.41 Å². The Balaban J connectivity index is 1.70. The van der Waals surface area contributed by atoms with Crippen molar-refractivity contribution < 1.29 is 19.8 Å².